The summed E-state index contributed by atoms with van der Waals surface area (Å²) in [6.07, 6.45) is 5.44. The van der Waals surface area contributed by atoms with Crippen LogP contribution in [0.4, 0.5) is 9.41 Å². The van der Waals surface area contributed by atoms with Gasteiger partial charge >= 0.3 is 0 Å². The highest BCUT2D eigenvalue weighted by molar-refractivity contribution is 6.10. The number of halogens is 2. The van der Waals surface area contributed by atoms with E-state index in [1.165, 1.54) is 38.5 Å². The lowest BCUT2D eigenvalue weighted by Crippen LogP contribution is -2.01. The van der Waals surface area contributed by atoms with Crippen molar-refractivity contribution < 1.29 is 38.7 Å². The van der Waals surface area contributed by atoms with Crippen LogP contribution in [0.1, 0.15) is 17.5 Å². The number of carbonyl (C=O) groups excluding carboxylic acids is 2. The molecule has 0 atom stereocenters. The molecule has 0 aliphatic rings. The van der Waals surface area contributed by atoms with Crippen LogP contribution in [0, 0.1) is 0 Å². The van der Waals surface area contributed by atoms with E-state index in [1.54, 1.807) is 36.4 Å². The van der Waals surface area contributed by atoms with Crippen LogP contribution < -0.4 is 9.47 Å². The first kappa shape index (κ1) is 25.3. The fraction of sp³-hybridized carbons (Fsp3) is 0.143. The van der Waals surface area contributed by atoms with Gasteiger partial charge in [-0.2, -0.15) is 0 Å². The van der Waals surface area contributed by atoms with Crippen LogP contribution in [-0.4, -0.2) is 36.0 Å². The minimum Gasteiger partial charge on any atom is -0.504 e. The summed E-state index contributed by atoms with van der Waals surface area (Å²) in [4.78, 5) is 23.9. The highest BCUT2D eigenvalue weighted by atomic mass is 19.0. The number of phenolic OH excluding ortho intramolecular Hbond substituents is 2. The minimum absolute atomic E-state index is 0. The maximum atomic E-state index is 11.9. The quantitative estimate of drug-likeness (QED) is 0.511. The molecule has 8 heteroatoms. The number of hydrogen-bond acceptors (Lipinski definition) is 6. The average Bonchev–Trinajstić information content (AvgIpc) is 2.66. The zero-order chi connectivity index (χ0) is 19.8. The maximum absolute atomic E-state index is 11.9. The number of phenols is 2. The van der Waals surface area contributed by atoms with Crippen molar-refractivity contribution in [2.75, 3.05) is 14.2 Å². The first-order valence-corrected chi connectivity index (χ1v) is 8.08. The normalized spacial score (nSPS) is 10.3. The molecule has 0 aliphatic heterocycles. The Bertz CT molecular complexity index is 833. The molecule has 0 bridgehead atoms. The van der Waals surface area contributed by atoms with Crippen LogP contribution >= 0.6 is 0 Å². The van der Waals surface area contributed by atoms with Crippen LogP contribution in [0.25, 0.3) is 12.2 Å². The molecule has 0 aromatic heterocycles. The summed E-state index contributed by atoms with van der Waals surface area (Å²) in [5, 5.41) is 19.1. The van der Waals surface area contributed by atoms with Crippen molar-refractivity contribution in [2.24, 2.45) is 0 Å². The van der Waals surface area contributed by atoms with E-state index in [4.69, 9.17) is 9.47 Å². The number of carbonyl (C=O) groups is 2. The molecular weight excluding hydrogens is 386 g/mol. The molecule has 0 amide bonds. The van der Waals surface area contributed by atoms with Gasteiger partial charge in [0.15, 0.2) is 34.6 Å². The Morgan fingerprint density at radius 1 is 0.793 bits per heavy atom. The summed E-state index contributed by atoms with van der Waals surface area (Å²) in [5.41, 5.74) is 1.33. The highest BCUT2D eigenvalue weighted by Gasteiger charge is 2.06. The van der Waals surface area contributed by atoms with Crippen LogP contribution in [-0.2, 0) is 9.59 Å². The second-order valence-corrected chi connectivity index (χ2v) is 5.64. The summed E-state index contributed by atoms with van der Waals surface area (Å²) in [7, 11) is 2.87. The fourth-order valence-corrected chi connectivity index (χ4v) is 2.26. The molecule has 156 valence electrons. The standard InChI is InChI=1S/C21H20O6.2FH/c1-26-20-11-14(5-9-18(20)24)3-7-16(22)13-17(23)8-4-15-6-10-19(25)21(12-15)27-2;;/h3-12,24-25H,13H2,1-2H3;2*1H. The van der Waals surface area contributed by atoms with Gasteiger partial charge in [0.2, 0.25) is 0 Å². The molecule has 0 unspecified atom stereocenters. The summed E-state index contributed by atoms with van der Waals surface area (Å²) in [6, 6.07) is 9.34. The first-order chi connectivity index (χ1) is 12.9. The van der Waals surface area contributed by atoms with Gasteiger partial charge in [0.25, 0.3) is 0 Å². The number of allylic oxidation sites excluding steroid dienone is 2. The summed E-state index contributed by atoms with van der Waals surface area (Å²) in [6.45, 7) is 0. The van der Waals surface area contributed by atoms with Crippen molar-refractivity contribution in [1.82, 2.24) is 0 Å². The summed E-state index contributed by atoms with van der Waals surface area (Å²) in [5.74, 6) is -0.0832. The first-order valence-electron chi connectivity index (χ1n) is 8.08. The Balaban J connectivity index is 0.00000392. The van der Waals surface area contributed by atoms with Crippen molar-refractivity contribution >= 4 is 23.7 Å². The van der Waals surface area contributed by atoms with Crippen LogP contribution in [0.2, 0.25) is 0 Å². The van der Waals surface area contributed by atoms with E-state index in [1.807, 2.05) is 0 Å². The average molecular weight is 408 g/mol. The molecule has 0 saturated carbocycles. The van der Waals surface area contributed by atoms with Gasteiger partial charge in [-0.05, 0) is 47.5 Å². The number of methoxy groups -OCH3 is 2. The zero-order valence-corrected chi connectivity index (χ0v) is 15.8. The molecule has 2 N–H and O–H groups in total. The predicted octanol–water partition coefficient (Wildman–Crippen LogP) is 3.67. The predicted molar refractivity (Wildman–Crippen MR) is 107 cm³/mol. The van der Waals surface area contributed by atoms with Crippen molar-refractivity contribution in [1.29, 1.82) is 0 Å². The number of aromatic hydroxyl groups is 2. The maximum Gasteiger partial charge on any atom is 0.163 e. The topological polar surface area (TPSA) is 93.1 Å². The Hall–Kier alpha value is -3.68. The summed E-state index contributed by atoms with van der Waals surface area (Å²) < 4.78 is 10.00. The molecular formula is C21H22F2O6. The lowest BCUT2D eigenvalue weighted by molar-refractivity contribution is -0.121. The number of ketones is 2. The largest absolute Gasteiger partial charge is 0.504 e. The third kappa shape index (κ3) is 7.45. The molecule has 0 spiro atoms. The third-order valence-electron chi connectivity index (χ3n) is 3.68. The van der Waals surface area contributed by atoms with E-state index in [0.717, 1.165) is 0 Å². The fourth-order valence-electron chi connectivity index (χ4n) is 2.26. The van der Waals surface area contributed by atoms with Crippen LogP contribution in [0.5, 0.6) is 23.0 Å². The van der Waals surface area contributed by atoms with Crippen molar-refractivity contribution in [3.8, 4) is 23.0 Å². The molecule has 0 heterocycles. The lowest BCUT2D eigenvalue weighted by atomic mass is 10.1. The molecule has 0 saturated heterocycles. The van der Waals surface area contributed by atoms with Gasteiger partial charge in [-0.3, -0.25) is 19.0 Å². The van der Waals surface area contributed by atoms with Gasteiger partial charge in [-0.1, -0.05) is 24.3 Å². The Morgan fingerprint density at radius 3 is 1.52 bits per heavy atom. The highest BCUT2D eigenvalue weighted by Crippen LogP contribution is 2.27. The van der Waals surface area contributed by atoms with Gasteiger partial charge in [0.1, 0.15) is 0 Å². The molecule has 2 aromatic rings. The summed E-state index contributed by atoms with van der Waals surface area (Å²) >= 11 is 0. The van der Waals surface area contributed by atoms with Gasteiger partial charge in [-0.25, -0.2) is 0 Å². The third-order valence-corrected chi connectivity index (χ3v) is 3.68. The van der Waals surface area contributed by atoms with Gasteiger partial charge in [0, 0.05) is 0 Å². The van der Waals surface area contributed by atoms with E-state index >= 15 is 0 Å². The van der Waals surface area contributed by atoms with Gasteiger partial charge in [0.05, 0.1) is 20.6 Å². The van der Waals surface area contributed by atoms with E-state index < -0.39 is 0 Å². The Labute approximate surface area is 166 Å². The second-order valence-electron chi connectivity index (χ2n) is 5.64. The second kappa shape index (κ2) is 11.9. The van der Waals surface area contributed by atoms with E-state index in [2.05, 4.69) is 0 Å². The Kier molecular flexibility index (Phi) is 10.4. The minimum atomic E-state index is -0.347. The monoisotopic (exact) mass is 408 g/mol. The molecule has 29 heavy (non-hydrogen) atoms. The zero-order valence-electron chi connectivity index (χ0n) is 15.8. The van der Waals surface area contributed by atoms with Crippen molar-refractivity contribution in [3.05, 3.63) is 59.7 Å². The van der Waals surface area contributed by atoms with Gasteiger partial charge in [-0.15, -0.1) is 0 Å². The molecule has 2 aromatic carbocycles. The van der Waals surface area contributed by atoms with E-state index in [0.29, 0.717) is 22.6 Å². The number of rotatable bonds is 8. The molecule has 6 nitrogen and oxygen atoms in total. The number of benzene rings is 2. The van der Waals surface area contributed by atoms with E-state index in [9.17, 15) is 19.8 Å². The van der Waals surface area contributed by atoms with E-state index in [-0.39, 0.29) is 38.9 Å². The molecule has 2 rings (SSSR count). The van der Waals surface area contributed by atoms with Crippen molar-refractivity contribution in [3.63, 3.8) is 0 Å². The lowest BCUT2D eigenvalue weighted by Gasteiger charge is -2.03. The number of ether oxygens (including phenoxy) is 2. The SMILES string of the molecule is COc1cc(C=CC(=O)CC(=O)C=Cc2ccc(O)c(OC)c2)ccc1O.F.F. The van der Waals surface area contributed by atoms with Gasteiger partial charge < -0.3 is 19.7 Å². The molecule has 0 radical (unpaired) electrons. The van der Waals surface area contributed by atoms with Crippen LogP contribution in [0.15, 0.2) is 48.6 Å². The molecule has 0 aliphatic carbocycles. The smallest absolute Gasteiger partial charge is 0.163 e. The number of hydrogen-bond donors (Lipinski definition) is 2. The molecule has 0 fully saturated rings. The Morgan fingerprint density at radius 2 is 1.17 bits per heavy atom. The van der Waals surface area contributed by atoms with Crippen LogP contribution in [0.3, 0.4) is 0 Å². The van der Waals surface area contributed by atoms with Crippen molar-refractivity contribution in [2.45, 2.75) is 6.42 Å².